The van der Waals surface area contributed by atoms with Crippen LogP contribution in [0.4, 0.5) is 4.79 Å². The van der Waals surface area contributed by atoms with E-state index in [1.54, 1.807) is 17.0 Å². The lowest BCUT2D eigenvalue weighted by atomic mass is 9.92. The molecule has 5 heteroatoms. The van der Waals surface area contributed by atoms with Gasteiger partial charge in [0.25, 0.3) is 0 Å². The summed E-state index contributed by atoms with van der Waals surface area (Å²) in [7, 11) is 0. The highest BCUT2D eigenvalue weighted by Crippen LogP contribution is 2.28. The van der Waals surface area contributed by atoms with Gasteiger partial charge in [-0.2, -0.15) is 0 Å². The zero-order chi connectivity index (χ0) is 14.9. The maximum atomic E-state index is 11.8. The highest BCUT2D eigenvalue weighted by atomic mass is 16.6. The van der Waals surface area contributed by atoms with Gasteiger partial charge in [0.15, 0.2) is 0 Å². The molecule has 1 saturated heterocycles. The second-order valence-corrected chi connectivity index (χ2v) is 6.27. The Bertz CT molecular complexity index is 501. The number of hydrogen-bond acceptors (Lipinski definition) is 4. The van der Waals surface area contributed by atoms with Gasteiger partial charge in [0.1, 0.15) is 17.1 Å². The Hall–Kier alpha value is -1.91. The Morgan fingerprint density at radius 2 is 2.00 bits per heavy atom. The third-order valence-electron chi connectivity index (χ3n) is 3.19. The van der Waals surface area contributed by atoms with Gasteiger partial charge < -0.3 is 19.8 Å². The number of ether oxygens (including phenoxy) is 1. The maximum Gasteiger partial charge on any atom is 0.410 e. The molecule has 1 heterocycles. The second kappa shape index (κ2) is 5.23. The molecule has 1 aromatic rings. The first-order valence-electron chi connectivity index (χ1n) is 6.73. The molecule has 1 amide bonds. The van der Waals surface area contributed by atoms with Crippen LogP contribution in [-0.4, -0.2) is 39.9 Å². The number of benzene rings is 1. The standard InChI is InChI=1S/C15H21NO4/c1-15(2,3)20-14(19)16-8-10(9-16)6-11-4-5-12(17)7-13(11)18/h4-5,7,10,17-18H,6,8-9H2,1-3H3. The summed E-state index contributed by atoms with van der Waals surface area (Å²) in [6.07, 6.45) is 0.398. The molecule has 2 rings (SSSR count). The molecule has 0 aromatic heterocycles. The molecule has 0 unspecified atom stereocenters. The number of nitrogens with zero attached hydrogens (tertiary/aromatic N) is 1. The van der Waals surface area contributed by atoms with Gasteiger partial charge in [-0.25, -0.2) is 4.79 Å². The fourth-order valence-corrected chi connectivity index (χ4v) is 2.21. The van der Waals surface area contributed by atoms with Gasteiger partial charge in [-0.3, -0.25) is 0 Å². The molecular formula is C15H21NO4. The molecule has 1 fully saturated rings. The van der Waals surface area contributed by atoms with Crippen LogP contribution in [0, 0.1) is 5.92 Å². The SMILES string of the molecule is CC(C)(C)OC(=O)N1CC(Cc2ccc(O)cc2O)C1. The van der Waals surface area contributed by atoms with Crippen molar-refractivity contribution in [3.05, 3.63) is 23.8 Å². The van der Waals surface area contributed by atoms with E-state index in [0.717, 1.165) is 5.56 Å². The molecule has 0 bridgehead atoms. The lowest BCUT2D eigenvalue weighted by molar-refractivity contribution is -0.000916. The van der Waals surface area contributed by atoms with Crippen molar-refractivity contribution in [2.45, 2.75) is 32.8 Å². The van der Waals surface area contributed by atoms with Crippen molar-refractivity contribution in [2.75, 3.05) is 13.1 Å². The molecule has 0 radical (unpaired) electrons. The molecule has 1 aliphatic heterocycles. The lowest BCUT2D eigenvalue weighted by Gasteiger charge is -2.40. The summed E-state index contributed by atoms with van der Waals surface area (Å²) in [6, 6.07) is 4.60. The van der Waals surface area contributed by atoms with E-state index in [4.69, 9.17) is 4.74 Å². The molecule has 20 heavy (non-hydrogen) atoms. The minimum Gasteiger partial charge on any atom is -0.508 e. The van der Waals surface area contributed by atoms with Crippen molar-refractivity contribution < 1.29 is 19.7 Å². The van der Waals surface area contributed by atoms with Crippen molar-refractivity contribution in [1.29, 1.82) is 0 Å². The van der Waals surface area contributed by atoms with Crippen LogP contribution in [0.5, 0.6) is 11.5 Å². The first-order valence-corrected chi connectivity index (χ1v) is 6.73. The Morgan fingerprint density at radius 1 is 1.35 bits per heavy atom. The van der Waals surface area contributed by atoms with E-state index >= 15 is 0 Å². The summed E-state index contributed by atoms with van der Waals surface area (Å²) in [5.41, 5.74) is 0.314. The predicted molar refractivity (Wildman–Crippen MR) is 74.8 cm³/mol. The van der Waals surface area contributed by atoms with Crippen LogP contribution < -0.4 is 0 Å². The van der Waals surface area contributed by atoms with Crippen LogP contribution in [-0.2, 0) is 11.2 Å². The number of likely N-dealkylation sites (tertiary alicyclic amines) is 1. The van der Waals surface area contributed by atoms with E-state index in [9.17, 15) is 15.0 Å². The minimum absolute atomic E-state index is 0.0511. The van der Waals surface area contributed by atoms with E-state index in [0.29, 0.717) is 25.4 Å². The number of carbonyl (C=O) groups excluding carboxylic acids is 1. The summed E-state index contributed by atoms with van der Waals surface area (Å²) in [5, 5.41) is 19.0. The largest absolute Gasteiger partial charge is 0.508 e. The number of aromatic hydroxyl groups is 2. The number of phenols is 2. The normalized spacial score (nSPS) is 15.8. The number of phenolic OH excluding ortho intramolecular Hbond substituents is 2. The summed E-state index contributed by atoms with van der Waals surface area (Å²) < 4.78 is 5.28. The minimum atomic E-state index is -0.475. The Labute approximate surface area is 118 Å². The third-order valence-corrected chi connectivity index (χ3v) is 3.19. The smallest absolute Gasteiger partial charge is 0.410 e. The molecular weight excluding hydrogens is 258 g/mol. The Balaban J connectivity index is 1.83. The monoisotopic (exact) mass is 279 g/mol. The van der Waals surface area contributed by atoms with Crippen LogP contribution in [0.1, 0.15) is 26.3 Å². The van der Waals surface area contributed by atoms with Crippen LogP contribution in [0.15, 0.2) is 18.2 Å². The van der Waals surface area contributed by atoms with Crippen molar-refractivity contribution in [2.24, 2.45) is 5.92 Å². The molecule has 2 N–H and O–H groups in total. The topological polar surface area (TPSA) is 70.0 Å². The number of rotatable bonds is 2. The zero-order valence-corrected chi connectivity index (χ0v) is 12.1. The third kappa shape index (κ3) is 3.56. The highest BCUT2D eigenvalue weighted by Gasteiger charge is 2.33. The highest BCUT2D eigenvalue weighted by molar-refractivity contribution is 5.69. The predicted octanol–water partition coefficient (Wildman–Crippen LogP) is 2.51. The van der Waals surface area contributed by atoms with Gasteiger partial charge in [0.2, 0.25) is 0 Å². The maximum absolute atomic E-state index is 11.8. The summed E-state index contributed by atoms with van der Waals surface area (Å²) in [5.74, 6) is 0.467. The van der Waals surface area contributed by atoms with Gasteiger partial charge in [0.05, 0.1) is 0 Å². The van der Waals surface area contributed by atoms with Gasteiger partial charge >= 0.3 is 6.09 Å². The zero-order valence-electron chi connectivity index (χ0n) is 12.1. The molecule has 1 aromatic carbocycles. The van der Waals surface area contributed by atoms with Gasteiger partial charge in [-0.05, 0) is 44.7 Å². The van der Waals surface area contributed by atoms with Crippen LogP contribution in [0.25, 0.3) is 0 Å². The van der Waals surface area contributed by atoms with Gasteiger partial charge in [-0.15, -0.1) is 0 Å². The second-order valence-electron chi connectivity index (χ2n) is 6.27. The molecule has 0 spiro atoms. The van der Waals surface area contributed by atoms with E-state index in [2.05, 4.69) is 0 Å². The summed E-state index contributed by atoms with van der Waals surface area (Å²) >= 11 is 0. The molecule has 110 valence electrons. The molecule has 0 aliphatic carbocycles. The first kappa shape index (κ1) is 14.5. The van der Waals surface area contributed by atoms with Gasteiger partial charge in [-0.1, -0.05) is 6.07 Å². The Kier molecular flexibility index (Phi) is 3.79. The summed E-state index contributed by atoms with van der Waals surface area (Å²) in [6.45, 7) is 6.80. The van der Waals surface area contributed by atoms with E-state index < -0.39 is 5.60 Å². The fourth-order valence-electron chi connectivity index (χ4n) is 2.21. The number of amides is 1. The van der Waals surface area contributed by atoms with Crippen LogP contribution in [0.3, 0.4) is 0 Å². The summed E-state index contributed by atoms with van der Waals surface area (Å²) in [4.78, 5) is 13.4. The van der Waals surface area contributed by atoms with Crippen molar-refractivity contribution in [3.63, 3.8) is 0 Å². The molecule has 1 aliphatic rings. The molecule has 0 saturated carbocycles. The van der Waals surface area contributed by atoms with Crippen LogP contribution in [0.2, 0.25) is 0 Å². The van der Waals surface area contributed by atoms with E-state index in [1.807, 2.05) is 20.8 Å². The van der Waals surface area contributed by atoms with Crippen molar-refractivity contribution in [3.8, 4) is 11.5 Å². The molecule has 0 atom stereocenters. The quantitative estimate of drug-likeness (QED) is 0.872. The number of carbonyl (C=O) groups is 1. The molecule has 5 nitrogen and oxygen atoms in total. The van der Waals surface area contributed by atoms with Gasteiger partial charge in [0, 0.05) is 19.2 Å². The average molecular weight is 279 g/mol. The number of hydrogen-bond donors (Lipinski definition) is 2. The van der Waals surface area contributed by atoms with E-state index in [1.165, 1.54) is 6.07 Å². The Morgan fingerprint density at radius 3 is 2.55 bits per heavy atom. The average Bonchev–Trinajstić information content (AvgIpc) is 2.22. The van der Waals surface area contributed by atoms with Crippen LogP contribution >= 0.6 is 0 Å². The van der Waals surface area contributed by atoms with Crippen molar-refractivity contribution in [1.82, 2.24) is 4.90 Å². The first-order chi connectivity index (χ1) is 9.24. The fraction of sp³-hybridized carbons (Fsp3) is 0.533. The van der Waals surface area contributed by atoms with Crippen molar-refractivity contribution >= 4 is 6.09 Å². The lowest BCUT2D eigenvalue weighted by Crippen LogP contribution is -2.52. The van der Waals surface area contributed by atoms with E-state index in [-0.39, 0.29) is 17.6 Å².